The molecule has 0 aliphatic heterocycles. The van der Waals surface area contributed by atoms with Gasteiger partial charge in [0.25, 0.3) is 0 Å². The van der Waals surface area contributed by atoms with E-state index in [2.05, 4.69) is 12.2 Å². The highest BCUT2D eigenvalue weighted by Crippen LogP contribution is 2.19. The van der Waals surface area contributed by atoms with Crippen molar-refractivity contribution in [2.75, 3.05) is 13.6 Å². The molecular formula is C15H33NO. The minimum Gasteiger partial charge on any atom is -0.390 e. The van der Waals surface area contributed by atoms with Crippen molar-refractivity contribution in [2.24, 2.45) is 0 Å². The maximum atomic E-state index is 10.1. The molecular weight excluding hydrogens is 210 g/mol. The zero-order valence-electron chi connectivity index (χ0n) is 12.2. The predicted octanol–water partition coefficient (Wildman–Crippen LogP) is 3.88. The largest absolute Gasteiger partial charge is 0.390 e. The molecule has 0 heterocycles. The average Bonchev–Trinajstić information content (AvgIpc) is 2.30. The van der Waals surface area contributed by atoms with Crippen LogP contribution in [0.5, 0.6) is 0 Å². The van der Waals surface area contributed by atoms with Gasteiger partial charge in [-0.2, -0.15) is 0 Å². The minimum absolute atomic E-state index is 0.467. The second-order valence-electron chi connectivity index (χ2n) is 5.58. The van der Waals surface area contributed by atoms with Gasteiger partial charge in [0.1, 0.15) is 0 Å². The van der Waals surface area contributed by atoms with E-state index in [1.807, 2.05) is 14.0 Å². The minimum atomic E-state index is -0.467. The lowest BCUT2D eigenvalue weighted by Crippen LogP contribution is -2.28. The number of hydrogen-bond donors (Lipinski definition) is 2. The molecule has 0 saturated carbocycles. The zero-order chi connectivity index (χ0) is 13.0. The Morgan fingerprint density at radius 2 is 1.41 bits per heavy atom. The van der Waals surface area contributed by atoms with Crippen molar-refractivity contribution in [3.63, 3.8) is 0 Å². The summed E-state index contributed by atoms with van der Waals surface area (Å²) in [4.78, 5) is 0. The molecule has 0 aliphatic rings. The van der Waals surface area contributed by atoms with Crippen molar-refractivity contribution < 1.29 is 5.11 Å². The van der Waals surface area contributed by atoms with Crippen LogP contribution in [0.4, 0.5) is 0 Å². The number of unbranched alkanes of at least 4 members (excludes halogenated alkanes) is 7. The Hall–Kier alpha value is -0.0800. The van der Waals surface area contributed by atoms with E-state index in [0.717, 1.165) is 19.4 Å². The van der Waals surface area contributed by atoms with Crippen LogP contribution < -0.4 is 5.32 Å². The second kappa shape index (κ2) is 11.0. The summed E-state index contributed by atoms with van der Waals surface area (Å²) in [7, 11) is 1.94. The summed E-state index contributed by atoms with van der Waals surface area (Å²) < 4.78 is 0. The van der Waals surface area contributed by atoms with Gasteiger partial charge < -0.3 is 10.4 Å². The highest BCUT2D eigenvalue weighted by atomic mass is 16.3. The first-order chi connectivity index (χ1) is 8.12. The standard InChI is InChI=1S/C15H33NO/c1-4-5-6-7-8-9-10-11-12-15(2,17)13-14-16-3/h16-17H,4-14H2,1-3H3. The third-order valence-corrected chi connectivity index (χ3v) is 3.48. The van der Waals surface area contributed by atoms with Crippen LogP contribution >= 0.6 is 0 Å². The summed E-state index contributed by atoms with van der Waals surface area (Å²) in [5, 5.41) is 13.2. The number of rotatable bonds is 12. The van der Waals surface area contributed by atoms with Crippen molar-refractivity contribution in [3.8, 4) is 0 Å². The van der Waals surface area contributed by atoms with Gasteiger partial charge in [0.2, 0.25) is 0 Å². The van der Waals surface area contributed by atoms with Crippen LogP contribution in [0.15, 0.2) is 0 Å². The van der Waals surface area contributed by atoms with Crippen molar-refractivity contribution in [1.82, 2.24) is 5.32 Å². The summed E-state index contributed by atoms with van der Waals surface area (Å²) in [6, 6.07) is 0. The van der Waals surface area contributed by atoms with E-state index in [9.17, 15) is 5.11 Å². The Labute approximate surface area is 108 Å². The summed E-state index contributed by atoms with van der Waals surface area (Å²) in [6.45, 7) is 5.13. The molecule has 0 aliphatic carbocycles. The number of aliphatic hydroxyl groups is 1. The summed E-state index contributed by atoms with van der Waals surface area (Å²) in [5.41, 5.74) is -0.467. The maximum Gasteiger partial charge on any atom is 0.0631 e. The summed E-state index contributed by atoms with van der Waals surface area (Å²) in [5.74, 6) is 0. The van der Waals surface area contributed by atoms with Gasteiger partial charge in [-0.15, -0.1) is 0 Å². The highest BCUT2D eigenvalue weighted by molar-refractivity contribution is 4.73. The van der Waals surface area contributed by atoms with E-state index in [1.54, 1.807) is 0 Å². The smallest absolute Gasteiger partial charge is 0.0631 e. The van der Waals surface area contributed by atoms with Crippen LogP contribution in [0.3, 0.4) is 0 Å². The van der Waals surface area contributed by atoms with E-state index in [-0.39, 0.29) is 0 Å². The van der Waals surface area contributed by atoms with Crippen molar-refractivity contribution in [3.05, 3.63) is 0 Å². The molecule has 2 heteroatoms. The Morgan fingerprint density at radius 1 is 0.882 bits per heavy atom. The van der Waals surface area contributed by atoms with Crippen molar-refractivity contribution >= 4 is 0 Å². The SMILES string of the molecule is CCCCCCCCCCC(C)(O)CCNC. The fourth-order valence-corrected chi connectivity index (χ4v) is 2.16. The Kier molecular flexibility index (Phi) is 11.0. The maximum absolute atomic E-state index is 10.1. The normalized spacial score (nSPS) is 14.8. The predicted molar refractivity (Wildman–Crippen MR) is 76.4 cm³/mol. The van der Waals surface area contributed by atoms with Crippen LogP contribution in [0, 0.1) is 0 Å². The van der Waals surface area contributed by atoms with Gasteiger partial charge in [-0.3, -0.25) is 0 Å². The molecule has 0 saturated heterocycles. The molecule has 0 spiro atoms. The van der Waals surface area contributed by atoms with Crippen LogP contribution in [0.25, 0.3) is 0 Å². The van der Waals surface area contributed by atoms with E-state index >= 15 is 0 Å². The molecule has 0 rings (SSSR count). The van der Waals surface area contributed by atoms with Gasteiger partial charge in [0, 0.05) is 0 Å². The van der Waals surface area contributed by atoms with E-state index in [0.29, 0.717) is 0 Å². The van der Waals surface area contributed by atoms with Gasteiger partial charge >= 0.3 is 0 Å². The van der Waals surface area contributed by atoms with Gasteiger partial charge in [-0.05, 0) is 33.4 Å². The van der Waals surface area contributed by atoms with Gasteiger partial charge in [-0.25, -0.2) is 0 Å². The fourth-order valence-electron chi connectivity index (χ4n) is 2.16. The van der Waals surface area contributed by atoms with E-state index in [4.69, 9.17) is 0 Å². The highest BCUT2D eigenvalue weighted by Gasteiger charge is 2.18. The van der Waals surface area contributed by atoms with Crippen molar-refractivity contribution in [2.45, 2.75) is 83.7 Å². The van der Waals surface area contributed by atoms with Crippen LogP contribution in [-0.4, -0.2) is 24.3 Å². The van der Waals surface area contributed by atoms with Gasteiger partial charge in [0.05, 0.1) is 5.60 Å². The number of nitrogens with one attached hydrogen (secondary N) is 1. The molecule has 0 amide bonds. The topological polar surface area (TPSA) is 32.3 Å². The number of hydrogen-bond acceptors (Lipinski definition) is 2. The lowest BCUT2D eigenvalue weighted by molar-refractivity contribution is 0.0400. The summed E-state index contributed by atoms with van der Waals surface area (Å²) >= 11 is 0. The van der Waals surface area contributed by atoms with Crippen molar-refractivity contribution in [1.29, 1.82) is 0 Å². The first-order valence-electron chi connectivity index (χ1n) is 7.49. The van der Waals surface area contributed by atoms with E-state index < -0.39 is 5.60 Å². The Morgan fingerprint density at radius 3 is 1.94 bits per heavy atom. The van der Waals surface area contributed by atoms with Crippen LogP contribution in [-0.2, 0) is 0 Å². The first-order valence-corrected chi connectivity index (χ1v) is 7.49. The van der Waals surface area contributed by atoms with Gasteiger partial charge in [0.15, 0.2) is 0 Å². The third kappa shape index (κ3) is 12.2. The fraction of sp³-hybridized carbons (Fsp3) is 1.00. The lowest BCUT2D eigenvalue weighted by atomic mass is 9.94. The third-order valence-electron chi connectivity index (χ3n) is 3.48. The van der Waals surface area contributed by atoms with Crippen LogP contribution in [0.2, 0.25) is 0 Å². The second-order valence-corrected chi connectivity index (χ2v) is 5.58. The lowest BCUT2D eigenvalue weighted by Gasteiger charge is -2.22. The molecule has 1 unspecified atom stereocenters. The molecule has 2 nitrogen and oxygen atoms in total. The molecule has 0 aromatic carbocycles. The molecule has 0 aromatic rings. The summed E-state index contributed by atoms with van der Waals surface area (Å²) in [6.07, 6.45) is 12.5. The molecule has 17 heavy (non-hydrogen) atoms. The average molecular weight is 243 g/mol. The molecule has 0 aromatic heterocycles. The monoisotopic (exact) mass is 243 g/mol. The molecule has 104 valence electrons. The zero-order valence-corrected chi connectivity index (χ0v) is 12.2. The molecule has 0 radical (unpaired) electrons. The Balaban J connectivity index is 3.26. The molecule has 0 bridgehead atoms. The van der Waals surface area contributed by atoms with Gasteiger partial charge in [-0.1, -0.05) is 58.3 Å². The first kappa shape index (κ1) is 16.9. The van der Waals surface area contributed by atoms with E-state index in [1.165, 1.54) is 51.4 Å². The Bertz CT molecular complexity index is 157. The molecule has 0 fully saturated rings. The molecule has 1 atom stereocenters. The van der Waals surface area contributed by atoms with Crippen LogP contribution in [0.1, 0.15) is 78.1 Å². The quantitative estimate of drug-likeness (QED) is 0.510. The molecule has 2 N–H and O–H groups in total.